The van der Waals surface area contributed by atoms with Crippen molar-refractivity contribution in [2.45, 2.75) is 6.18 Å². The van der Waals surface area contributed by atoms with Crippen LogP contribution in [0.3, 0.4) is 0 Å². The van der Waals surface area contributed by atoms with E-state index < -0.39 is 21.8 Å². The molecule has 0 amide bonds. The molecule has 11 heteroatoms. The van der Waals surface area contributed by atoms with Crippen LogP contribution in [0.15, 0.2) is 6.07 Å². The number of halogens is 3. The molecule has 0 spiro atoms. The molecule has 0 saturated carbocycles. The van der Waals surface area contributed by atoms with E-state index in [-0.39, 0.29) is 23.9 Å². The summed E-state index contributed by atoms with van der Waals surface area (Å²) in [5.41, 5.74) is 1.98. The van der Waals surface area contributed by atoms with E-state index in [2.05, 4.69) is 15.3 Å². The minimum Gasteiger partial charge on any atom is -0.369 e. The first kappa shape index (κ1) is 15.4. The molecule has 1 rings (SSSR count). The van der Waals surface area contributed by atoms with Crippen LogP contribution in [0.4, 0.5) is 24.8 Å². The number of aromatic nitrogens is 2. The standard InChI is InChI=1S/C8H12F3N5O2S/c1-19(17,18)3-2-13-5-4-6(16-12)15-7(14-5)8(9,10)11/h4H,2-3,12H2,1H3,(H2,13,14,15,16). The summed E-state index contributed by atoms with van der Waals surface area (Å²) in [6.07, 6.45) is -3.71. The highest BCUT2D eigenvalue weighted by Crippen LogP contribution is 2.28. The van der Waals surface area contributed by atoms with Gasteiger partial charge in [0.2, 0.25) is 5.82 Å². The molecule has 0 bridgehead atoms. The number of nitrogens with two attached hydrogens (primary N) is 1. The van der Waals surface area contributed by atoms with E-state index in [4.69, 9.17) is 5.84 Å². The van der Waals surface area contributed by atoms with Crippen LogP contribution in [0.2, 0.25) is 0 Å². The Balaban J connectivity index is 2.89. The molecule has 0 aliphatic rings. The molecule has 4 N–H and O–H groups in total. The Morgan fingerprint density at radius 1 is 1.32 bits per heavy atom. The fourth-order valence-electron chi connectivity index (χ4n) is 1.10. The van der Waals surface area contributed by atoms with Crippen LogP contribution in [-0.4, -0.2) is 36.9 Å². The number of nitrogens with zero attached hydrogens (tertiary/aromatic N) is 2. The maximum atomic E-state index is 12.5. The number of nitrogen functional groups attached to an aromatic ring is 1. The van der Waals surface area contributed by atoms with Gasteiger partial charge in [0.1, 0.15) is 21.5 Å². The van der Waals surface area contributed by atoms with Crippen LogP contribution in [0.25, 0.3) is 0 Å². The zero-order chi connectivity index (χ0) is 14.7. The minimum absolute atomic E-state index is 0.0723. The molecular formula is C8H12F3N5O2S. The lowest BCUT2D eigenvalue weighted by molar-refractivity contribution is -0.144. The van der Waals surface area contributed by atoms with Crippen molar-refractivity contribution < 1.29 is 21.6 Å². The van der Waals surface area contributed by atoms with Crippen molar-refractivity contribution in [1.29, 1.82) is 0 Å². The molecule has 0 aromatic carbocycles. The molecule has 108 valence electrons. The summed E-state index contributed by atoms with van der Waals surface area (Å²) >= 11 is 0. The molecule has 1 aromatic heterocycles. The van der Waals surface area contributed by atoms with E-state index in [1.807, 2.05) is 5.43 Å². The van der Waals surface area contributed by atoms with E-state index in [9.17, 15) is 21.6 Å². The average molecular weight is 299 g/mol. The van der Waals surface area contributed by atoms with Gasteiger partial charge in [0, 0.05) is 18.9 Å². The van der Waals surface area contributed by atoms with Crippen molar-refractivity contribution in [2.24, 2.45) is 5.84 Å². The fraction of sp³-hybridized carbons (Fsp3) is 0.500. The van der Waals surface area contributed by atoms with Crippen LogP contribution in [0.5, 0.6) is 0 Å². The van der Waals surface area contributed by atoms with Gasteiger partial charge in [-0.3, -0.25) is 0 Å². The summed E-state index contributed by atoms with van der Waals surface area (Å²) in [4.78, 5) is 6.38. The second kappa shape index (κ2) is 5.57. The fourth-order valence-corrected chi connectivity index (χ4v) is 1.58. The van der Waals surface area contributed by atoms with Crippen LogP contribution < -0.4 is 16.6 Å². The first-order chi connectivity index (χ1) is 8.62. The SMILES string of the molecule is CS(=O)(=O)CCNc1cc(NN)nc(C(F)(F)F)n1. The topological polar surface area (TPSA) is 110 Å². The molecule has 0 fully saturated rings. The van der Waals surface area contributed by atoms with Crippen molar-refractivity contribution in [3.05, 3.63) is 11.9 Å². The van der Waals surface area contributed by atoms with E-state index in [1.54, 1.807) is 0 Å². The summed E-state index contributed by atoms with van der Waals surface area (Å²) in [7, 11) is -3.22. The van der Waals surface area contributed by atoms with Crippen LogP contribution in [-0.2, 0) is 16.0 Å². The zero-order valence-electron chi connectivity index (χ0n) is 9.82. The molecule has 0 unspecified atom stereocenters. The molecule has 1 heterocycles. The maximum absolute atomic E-state index is 12.5. The monoisotopic (exact) mass is 299 g/mol. The largest absolute Gasteiger partial charge is 0.451 e. The van der Waals surface area contributed by atoms with Gasteiger partial charge in [-0.2, -0.15) is 13.2 Å². The van der Waals surface area contributed by atoms with Gasteiger partial charge in [-0.05, 0) is 0 Å². The second-order valence-corrected chi connectivity index (χ2v) is 5.92. The van der Waals surface area contributed by atoms with Gasteiger partial charge in [0.05, 0.1) is 5.75 Å². The molecule has 19 heavy (non-hydrogen) atoms. The van der Waals surface area contributed by atoms with Crippen molar-refractivity contribution in [3.8, 4) is 0 Å². The van der Waals surface area contributed by atoms with Gasteiger partial charge in [-0.1, -0.05) is 0 Å². The van der Waals surface area contributed by atoms with Crippen LogP contribution in [0, 0.1) is 0 Å². The van der Waals surface area contributed by atoms with Gasteiger partial charge in [-0.15, -0.1) is 0 Å². The molecule has 1 aromatic rings. The molecule has 7 nitrogen and oxygen atoms in total. The molecule has 0 saturated heterocycles. The smallest absolute Gasteiger partial charge is 0.369 e. The number of hydrazine groups is 1. The zero-order valence-corrected chi connectivity index (χ0v) is 10.6. The average Bonchev–Trinajstić information content (AvgIpc) is 2.25. The maximum Gasteiger partial charge on any atom is 0.451 e. The van der Waals surface area contributed by atoms with Gasteiger partial charge < -0.3 is 10.7 Å². The number of sulfone groups is 1. The summed E-state index contributed by atoms with van der Waals surface area (Å²) in [6, 6.07) is 1.14. The molecule has 0 aliphatic carbocycles. The summed E-state index contributed by atoms with van der Waals surface area (Å²) in [6.45, 7) is -0.0723. The van der Waals surface area contributed by atoms with Crippen LogP contribution in [0.1, 0.15) is 5.82 Å². The predicted molar refractivity (Wildman–Crippen MR) is 63.0 cm³/mol. The molecule has 0 atom stereocenters. The Kier molecular flexibility index (Phi) is 4.52. The number of hydrogen-bond acceptors (Lipinski definition) is 7. The highest BCUT2D eigenvalue weighted by molar-refractivity contribution is 7.90. The number of alkyl halides is 3. The van der Waals surface area contributed by atoms with Gasteiger partial charge in [0.15, 0.2) is 0 Å². The summed E-state index contributed by atoms with van der Waals surface area (Å²) in [5.74, 6) is 2.99. The lowest BCUT2D eigenvalue weighted by Gasteiger charge is -2.10. The first-order valence-electron chi connectivity index (χ1n) is 4.96. The van der Waals surface area contributed by atoms with Crippen molar-refractivity contribution in [2.75, 3.05) is 29.3 Å². The lowest BCUT2D eigenvalue weighted by Crippen LogP contribution is -2.19. The third-order valence-corrected chi connectivity index (χ3v) is 2.85. The van der Waals surface area contributed by atoms with E-state index >= 15 is 0 Å². The highest BCUT2D eigenvalue weighted by atomic mass is 32.2. The Bertz CT molecular complexity index is 546. The number of nitrogens with one attached hydrogen (secondary N) is 2. The van der Waals surface area contributed by atoms with Gasteiger partial charge in [-0.25, -0.2) is 24.2 Å². The van der Waals surface area contributed by atoms with Gasteiger partial charge in [0.25, 0.3) is 0 Å². The Hall–Kier alpha value is -1.62. The van der Waals surface area contributed by atoms with Crippen molar-refractivity contribution >= 4 is 21.5 Å². The Labute approximate surface area is 107 Å². The third-order valence-electron chi connectivity index (χ3n) is 1.91. The predicted octanol–water partition coefficient (Wildman–Crippen LogP) is 0.237. The first-order valence-corrected chi connectivity index (χ1v) is 7.02. The highest BCUT2D eigenvalue weighted by Gasteiger charge is 2.35. The number of anilines is 2. The summed E-state index contributed by atoms with van der Waals surface area (Å²) in [5, 5.41) is 2.46. The third kappa shape index (κ3) is 5.26. The summed E-state index contributed by atoms with van der Waals surface area (Å²) < 4.78 is 59.2. The van der Waals surface area contributed by atoms with Crippen molar-refractivity contribution in [3.63, 3.8) is 0 Å². The van der Waals surface area contributed by atoms with E-state index in [0.29, 0.717) is 0 Å². The van der Waals surface area contributed by atoms with Crippen LogP contribution >= 0.6 is 0 Å². The molecular weight excluding hydrogens is 287 g/mol. The second-order valence-electron chi connectivity index (χ2n) is 3.66. The molecule has 0 aliphatic heterocycles. The lowest BCUT2D eigenvalue weighted by atomic mass is 10.4. The Morgan fingerprint density at radius 3 is 2.37 bits per heavy atom. The number of rotatable bonds is 5. The van der Waals surface area contributed by atoms with E-state index in [0.717, 1.165) is 12.3 Å². The number of hydrogen-bond donors (Lipinski definition) is 3. The minimum atomic E-state index is -4.72. The Morgan fingerprint density at radius 2 is 1.89 bits per heavy atom. The van der Waals surface area contributed by atoms with Gasteiger partial charge >= 0.3 is 6.18 Å². The molecule has 0 radical (unpaired) electrons. The quantitative estimate of drug-likeness (QED) is 0.527. The normalized spacial score (nSPS) is 12.3. The van der Waals surface area contributed by atoms with E-state index in [1.165, 1.54) is 0 Å². The van der Waals surface area contributed by atoms with Crippen molar-refractivity contribution in [1.82, 2.24) is 9.97 Å².